The Labute approximate surface area is 163 Å². The minimum atomic E-state index is -0.219. The molecule has 0 aliphatic heterocycles. The SMILES string of the molecule is O=C(NCCc1ccccc1)c1ccc(NCCc2cccc(Cl)c2)nn1. The fraction of sp³-hybridized carbons (Fsp3) is 0.190. The summed E-state index contributed by atoms with van der Waals surface area (Å²) in [6, 6.07) is 21.2. The lowest BCUT2D eigenvalue weighted by Crippen LogP contribution is -2.26. The minimum Gasteiger partial charge on any atom is -0.368 e. The molecule has 3 aromatic rings. The van der Waals surface area contributed by atoms with Crippen LogP contribution >= 0.6 is 11.6 Å². The van der Waals surface area contributed by atoms with Gasteiger partial charge in [-0.05, 0) is 48.2 Å². The number of aromatic nitrogens is 2. The number of anilines is 1. The minimum absolute atomic E-state index is 0.219. The third-order valence-electron chi connectivity index (χ3n) is 4.05. The molecule has 0 spiro atoms. The van der Waals surface area contributed by atoms with Gasteiger partial charge in [-0.2, -0.15) is 0 Å². The number of carbonyl (C=O) groups excluding carboxylic acids is 1. The molecule has 6 heteroatoms. The summed E-state index contributed by atoms with van der Waals surface area (Å²) in [7, 11) is 0. The average molecular weight is 381 g/mol. The first-order chi connectivity index (χ1) is 13.2. The van der Waals surface area contributed by atoms with Gasteiger partial charge in [0.15, 0.2) is 5.69 Å². The number of nitrogens with zero attached hydrogens (tertiary/aromatic N) is 2. The Morgan fingerprint density at radius 1 is 0.852 bits per heavy atom. The molecule has 138 valence electrons. The summed E-state index contributed by atoms with van der Waals surface area (Å²) < 4.78 is 0. The number of hydrogen-bond donors (Lipinski definition) is 2. The summed E-state index contributed by atoms with van der Waals surface area (Å²) in [5.41, 5.74) is 2.64. The lowest BCUT2D eigenvalue weighted by Gasteiger charge is -2.07. The standard InChI is InChI=1S/C21H21ClN4O/c22-18-8-4-7-17(15-18)12-13-23-20-10-9-19(25-26-20)21(27)24-14-11-16-5-2-1-3-6-16/h1-10,15H,11-14H2,(H,23,26)(H,24,27). The van der Waals surface area contributed by atoms with Gasteiger partial charge in [-0.25, -0.2) is 0 Å². The Kier molecular flexibility index (Phi) is 6.77. The first-order valence-electron chi connectivity index (χ1n) is 8.85. The Bertz CT molecular complexity index is 869. The number of rotatable bonds is 8. The number of benzene rings is 2. The molecule has 5 nitrogen and oxygen atoms in total. The maximum absolute atomic E-state index is 12.1. The van der Waals surface area contributed by atoms with Gasteiger partial charge in [0.2, 0.25) is 0 Å². The molecule has 0 aliphatic carbocycles. The molecule has 1 heterocycles. The molecular formula is C21H21ClN4O. The third-order valence-corrected chi connectivity index (χ3v) is 4.28. The second-order valence-electron chi connectivity index (χ2n) is 6.10. The highest BCUT2D eigenvalue weighted by atomic mass is 35.5. The number of halogens is 1. The molecule has 0 unspecified atom stereocenters. The second kappa shape index (κ2) is 9.69. The molecule has 0 saturated heterocycles. The van der Waals surface area contributed by atoms with Crippen LogP contribution in [0.3, 0.4) is 0 Å². The van der Waals surface area contributed by atoms with Gasteiger partial charge in [-0.15, -0.1) is 10.2 Å². The molecule has 0 fully saturated rings. The molecule has 2 N–H and O–H groups in total. The summed E-state index contributed by atoms with van der Waals surface area (Å²) in [6.45, 7) is 1.27. The third kappa shape index (κ3) is 6.08. The van der Waals surface area contributed by atoms with E-state index in [1.165, 1.54) is 5.56 Å². The Hall–Kier alpha value is -2.92. The number of carbonyl (C=O) groups is 1. The molecule has 0 saturated carbocycles. The van der Waals surface area contributed by atoms with E-state index in [-0.39, 0.29) is 5.91 Å². The van der Waals surface area contributed by atoms with Gasteiger partial charge in [0, 0.05) is 18.1 Å². The summed E-state index contributed by atoms with van der Waals surface area (Å²) in [4.78, 5) is 12.1. The van der Waals surface area contributed by atoms with Crippen LogP contribution in [0.1, 0.15) is 21.6 Å². The maximum Gasteiger partial charge on any atom is 0.271 e. The molecule has 27 heavy (non-hydrogen) atoms. The Morgan fingerprint density at radius 3 is 2.37 bits per heavy atom. The van der Waals surface area contributed by atoms with Gasteiger partial charge in [-0.3, -0.25) is 4.79 Å². The van der Waals surface area contributed by atoms with Crippen LogP contribution in [0.5, 0.6) is 0 Å². The van der Waals surface area contributed by atoms with Crippen LogP contribution in [0, 0.1) is 0 Å². The molecule has 3 rings (SSSR count). The summed E-state index contributed by atoms with van der Waals surface area (Å²) in [5, 5.41) is 14.9. The lowest BCUT2D eigenvalue weighted by molar-refractivity contribution is 0.0948. The van der Waals surface area contributed by atoms with Crippen molar-refractivity contribution < 1.29 is 4.79 Å². The number of hydrogen-bond acceptors (Lipinski definition) is 4. The molecule has 1 aromatic heterocycles. The second-order valence-corrected chi connectivity index (χ2v) is 6.54. The normalized spacial score (nSPS) is 10.4. The molecule has 0 bridgehead atoms. The van der Waals surface area contributed by atoms with Crippen molar-refractivity contribution in [2.75, 3.05) is 18.4 Å². The predicted octanol–water partition coefficient (Wildman–Crippen LogP) is 3.76. The van der Waals surface area contributed by atoms with Crippen LogP contribution < -0.4 is 10.6 Å². The summed E-state index contributed by atoms with van der Waals surface area (Å²) in [6.07, 6.45) is 1.60. The zero-order valence-corrected chi connectivity index (χ0v) is 15.6. The van der Waals surface area contributed by atoms with Crippen LogP contribution in [0.4, 0.5) is 5.82 Å². The molecule has 0 atom stereocenters. The topological polar surface area (TPSA) is 66.9 Å². The first kappa shape index (κ1) is 18.9. The van der Waals surface area contributed by atoms with E-state index in [0.29, 0.717) is 24.6 Å². The van der Waals surface area contributed by atoms with Crippen molar-refractivity contribution in [3.05, 3.63) is 88.6 Å². The van der Waals surface area contributed by atoms with E-state index in [2.05, 4.69) is 20.8 Å². The van der Waals surface area contributed by atoms with E-state index < -0.39 is 0 Å². The first-order valence-corrected chi connectivity index (χ1v) is 9.23. The van der Waals surface area contributed by atoms with Crippen molar-refractivity contribution in [2.45, 2.75) is 12.8 Å². The Balaban J connectivity index is 1.43. The van der Waals surface area contributed by atoms with Gasteiger partial charge in [-0.1, -0.05) is 54.1 Å². The number of nitrogens with one attached hydrogen (secondary N) is 2. The smallest absolute Gasteiger partial charge is 0.271 e. The van der Waals surface area contributed by atoms with Gasteiger partial charge >= 0.3 is 0 Å². The quantitative estimate of drug-likeness (QED) is 0.624. The highest BCUT2D eigenvalue weighted by Crippen LogP contribution is 2.11. The summed E-state index contributed by atoms with van der Waals surface area (Å²) in [5.74, 6) is 0.418. The van der Waals surface area contributed by atoms with E-state index in [0.717, 1.165) is 23.4 Å². The fourth-order valence-corrected chi connectivity index (χ4v) is 2.84. The van der Waals surface area contributed by atoms with Crippen LogP contribution in [0.25, 0.3) is 0 Å². The highest BCUT2D eigenvalue weighted by Gasteiger charge is 2.07. The van der Waals surface area contributed by atoms with Crippen molar-refractivity contribution >= 4 is 23.3 Å². The van der Waals surface area contributed by atoms with Crippen molar-refractivity contribution in [2.24, 2.45) is 0 Å². The van der Waals surface area contributed by atoms with Crippen LogP contribution in [-0.4, -0.2) is 29.2 Å². The van der Waals surface area contributed by atoms with Gasteiger partial charge in [0.25, 0.3) is 5.91 Å². The molecule has 0 radical (unpaired) electrons. The molecular weight excluding hydrogens is 360 g/mol. The van der Waals surface area contributed by atoms with E-state index in [4.69, 9.17) is 11.6 Å². The van der Waals surface area contributed by atoms with E-state index >= 15 is 0 Å². The summed E-state index contributed by atoms with van der Waals surface area (Å²) >= 11 is 5.98. The highest BCUT2D eigenvalue weighted by molar-refractivity contribution is 6.30. The van der Waals surface area contributed by atoms with Crippen molar-refractivity contribution in [1.82, 2.24) is 15.5 Å². The monoisotopic (exact) mass is 380 g/mol. The van der Waals surface area contributed by atoms with E-state index in [1.807, 2.05) is 54.6 Å². The fourth-order valence-electron chi connectivity index (χ4n) is 2.63. The predicted molar refractivity (Wildman–Crippen MR) is 108 cm³/mol. The maximum atomic E-state index is 12.1. The van der Waals surface area contributed by atoms with Crippen LogP contribution in [0.15, 0.2) is 66.7 Å². The van der Waals surface area contributed by atoms with Gasteiger partial charge in [0.05, 0.1) is 0 Å². The van der Waals surface area contributed by atoms with Gasteiger partial charge < -0.3 is 10.6 Å². The van der Waals surface area contributed by atoms with Crippen LogP contribution in [-0.2, 0) is 12.8 Å². The van der Waals surface area contributed by atoms with Crippen LogP contribution in [0.2, 0.25) is 5.02 Å². The molecule has 0 aliphatic rings. The van der Waals surface area contributed by atoms with E-state index in [1.54, 1.807) is 12.1 Å². The van der Waals surface area contributed by atoms with Gasteiger partial charge in [0.1, 0.15) is 5.82 Å². The Morgan fingerprint density at radius 2 is 1.63 bits per heavy atom. The van der Waals surface area contributed by atoms with Crippen molar-refractivity contribution in [3.63, 3.8) is 0 Å². The zero-order valence-electron chi connectivity index (χ0n) is 14.9. The number of amides is 1. The zero-order chi connectivity index (χ0) is 18.9. The van der Waals surface area contributed by atoms with Crippen molar-refractivity contribution in [1.29, 1.82) is 0 Å². The molecule has 1 amide bonds. The lowest BCUT2D eigenvalue weighted by atomic mass is 10.1. The van der Waals surface area contributed by atoms with Crippen molar-refractivity contribution in [3.8, 4) is 0 Å². The largest absolute Gasteiger partial charge is 0.368 e. The van der Waals surface area contributed by atoms with E-state index in [9.17, 15) is 4.79 Å². The molecule has 2 aromatic carbocycles. The average Bonchev–Trinajstić information content (AvgIpc) is 2.69.